The fraction of sp³-hybridized carbons (Fsp3) is 0.417. The van der Waals surface area contributed by atoms with Crippen LogP contribution in [-0.2, 0) is 4.79 Å². The molecule has 3 amide bonds. The summed E-state index contributed by atoms with van der Waals surface area (Å²) in [5.41, 5.74) is -0.912. The van der Waals surface area contributed by atoms with Gasteiger partial charge >= 0.3 is 6.03 Å². The molecule has 0 bridgehead atoms. The first-order valence-electron chi connectivity index (χ1n) is 5.80. The molecule has 1 atom stereocenters. The van der Waals surface area contributed by atoms with Gasteiger partial charge in [-0.15, -0.1) is 11.3 Å². The van der Waals surface area contributed by atoms with Crippen molar-refractivity contribution in [3.8, 4) is 0 Å². The summed E-state index contributed by atoms with van der Waals surface area (Å²) >= 11 is 6.89. The smallest absolute Gasteiger partial charge is 0.323 e. The van der Waals surface area contributed by atoms with Gasteiger partial charge in [-0.1, -0.05) is 18.5 Å². The van der Waals surface area contributed by atoms with Crippen molar-refractivity contribution in [1.82, 2.24) is 10.2 Å². The van der Waals surface area contributed by atoms with Crippen LogP contribution in [0.15, 0.2) is 12.1 Å². The number of nitrogens with zero attached hydrogens (tertiary/aromatic N) is 1. The first-order chi connectivity index (χ1) is 8.87. The first kappa shape index (κ1) is 14.0. The van der Waals surface area contributed by atoms with Gasteiger partial charge in [0, 0.05) is 0 Å². The van der Waals surface area contributed by atoms with Crippen LogP contribution in [0.2, 0.25) is 4.34 Å². The predicted octanol–water partition coefficient (Wildman–Crippen LogP) is 2.30. The van der Waals surface area contributed by atoms with E-state index in [0.29, 0.717) is 15.6 Å². The van der Waals surface area contributed by atoms with Crippen molar-refractivity contribution in [2.24, 2.45) is 0 Å². The summed E-state index contributed by atoms with van der Waals surface area (Å²) < 4.78 is 0.499. The summed E-state index contributed by atoms with van der Waals surface area (Å²) in [5.74, 6) is -0.656. The number of rotatable bonds is 4. The van der Waals surface area contributed by atoms with Gasteiger partial charge in [0.25, 0.3) is 5.91 Å². The van der Waals surface area contributed by atoms with Gasteiger partial charge in [-0.2, -0.15) is 0 Å². The third kappa shape index (κ3) is 2.50. The number of amides is 3. The maximum Gasteiger partial charge on any atom is 0.325 e. The van der Waals surface area contributed by atoms with Gasteiger partial charge in [0.2, 0.25) is 0 Å². The van der Waals surface area contributed by atoms with Gasteiger partial charge in [-0.3, -0.25) is 14.5 Å². The highest BCUT2D eigenvalue weighted by molar-refractivity contribution is 7.18. The van der Waals surface area contributed by atoms with Gasteiger partial charge < -0.3 is 5.32 Å². The fourth-order valence-electron chi connectivity index (χ4n) is 1.82. The maximum atomic E-state index is 12.1. The minimum absolute atomic E-state index is 0.253. The topological polar surface area (TPSA) is 66.5 Å². The van der Waals surface area contributed by atoms with Crippen LogP contribution in [0.25, 0.3) is 0 Å². The highest BCUT2D eigenvalue weighted by Crippen LogP contribution is 2.24. The van der Waals surface area contributed by atoms with E-state index in [-0.39, 0.29) is 18.2 Å². The second-order valence-electron chi connectivity index (χ2n) is 4.53. The zero-order valence-corrected chi connectivity index (χ0v) is 12.1. The lowest BCUT2D eigenvalue weighted by molar-refractivity contribution is -0.130. The zero-order valence-electron chi connectivity index (χ0n) is 10.5. The summed E-state index contributed by atoms with van der Waals surface area (Å²) in [6, 6.07) is 2.68. The van der Waals surface area contributed by atoms with Gasteiger partial charge in [-0.25, -0.2) is 4.79 Å². The first-order valence-corrected chi connectivity index (χ1v) is 6.99. The minimum Gasteiger partial charge on any atom is -0.323 e. The number of ketones is 1. The molecule has 19 heavy (non-hydrogen) atoms. The number of halogens is 1. The number of nitrogens with one attached hydrogen (secondary N) is 1. The number of thiophene rings is 1. The molecule has 1 aliphatic heterocycles. The summed E-state index contributed by atoms with van der Waals surface area (Å²) in [6.07, 6.45) is 0.479. The van der Waals surface area contributed by atoms with E-state index >= 15 is 0 Å². The standard InChI is InChI=1S/C12H13ClN2O3S/c1-3-12(2)10(17)15(11(18)14-12)6-7(16)8-4-5-9(13)19-8/h4-5H,3,6H2,1-2H3,(H,14,18). The van der Waals surface area contributed by atoms with Crippen molar-refractivity contribution in [2.45, 2.75) is 25.8 Å². The van der Waals surface area contributed by atoms with E-state index in [2.05, 4.69) is 5.32 Å². The van der Waals surface area contributed by atoms with E-state index in [9.17, 15) is 14.4 Å². The molecule has 1 aromatic rings. The van der Waals surface area contributed by atoms with Crippen LogP contribution >= 0.6 is 22.9 Å². The third-order valence-electron chi connectivity index (χ3n) is 3.20. The zero-order chi connectivity index (χ0) is 14.2. The number of urea groups is 1. The number of hydrogen-bond donors (Lipinski definition) is 1. The number of Topliss-reactive ketones (excluding diaryl/α,β-unsaturated/α-hetero) is 1. The Labute approximate surface area is 119 Å². The van der Waals surface area contributed by atoms with E-state index in [1.54, 1.807) is 19.1 Å². The highest BCUT2D eigenvalue weighted by atomic mass is 35.5. The minimum atomic E-state index is -0.912. The van der Waals surface area contributed by atoms with Gasteiger partial charge in [0.1, 0.15) is 5.54 Å². The third-order valence-corrected chi connectivity index (χ3v) is 4.47. The maximum absolute atomic E-state index is 12.1. The van der Waals surface area contributed by atoms with Crippen LogP contribution in [0.5, 0.6) is 0 Å². The van der Waals surface area contributed by atoms with Crippen LogP contribution < -0.4 is 5.32 Å². The Balaban J connectivity index is 2.14. The molecule has 1 N–H and O–H groups in total. The second-order valence-corrected chi connectivity index (χ2v) is 6.25. The molecule has 1 fully saturated rings. The van der Waals surface area contributed by atoms with Gasteiger partial charge in [-0.05, 0) is 25.5 Å². The lowest BCUT2D eigenvalue weighted by atomic mass is 9.99. The van der Waals surface area contributed by atoms with E-state index in [4.69, 9.17) is 11.6 Å². The molecule has 1 unspecified atom stereocenters. The Morgan fingerprint density at radius 1 is 1.47 bits per heavy atom. The molecule has 1 aromatic heterocycles. The van der Waals surface area contributed by atoms with E-state index in [1.807, 2.05) is 6.92 Å². The lowest BCUT2D eigenvalue weighted by Crippen LogP contribution is -2.43. The summed E-state index contributed by atoms with van der Waals surface area (Å²) in [5, 5.41) is 2.60. The molecule has 0 spiro atoms. The lowest BCUT2D eigenvalue weighted by Gasteiger charge is -2.18. The van der Waals surface area contributed by atoms with Crippen molar-refractivity contribution >= 4 is 40.7 Å². The van der Waals surface area contributed by atoms with Crippen LogP contribution in [0.1, 0.15) is 29.9 Å². The molecule has 2 rings (SSSR count). The van der Waals surface area contributed by atoms with Crippen molar-refractivity contribution < 1.29 is 14.4 Å². The molecule has 7 heteroatoms. The Morgan fingerprint density at radius 2 is 2.16 bits per heavy atom. The molecule has 1 aliphatic rings. The SMILES string of the molecule is CCC1(C)NC(=O)N(CC(=O)c2ccc(Cl)s2)C1=O. The summed E-state index contributed by atoms with van der Waals surface area (Å²) in [4.78, 5) is 37.2. The predicted molar refractivity (Wildman–Crippen MR) is 72.6 cm³/mol. The Hall–Kier alpha value is -1.40. The Kier molecular flexibility index (Phi) is 3.64. The monoisotopic (exact) mass is 300 g/mol. The molecule has 0 saturated carbocycles. The summed E-state index contributed by atoms with van der Waals surface area (Å²) in [6.45, 7) is 3.21. The average molecular weight is 301 g/mol. The number of carbonyl (C=O) groups is 3. The molecule has 5 nitrogen and oxygen atoms in total. The van der Waals surface area contributed by atoms with E-state index < -0.39 is 11.6 Å². The highest BCUT2D eigenvalue weighted by Gasteiger charge is 2.47. The normalized spacial score (nSPS) is 22.8. The number of carbonyl (C=O) groups excluding carboxylic acids is 3. The molecule has 2 heterocycles. The van der Waals surface area contributed by atoms with Crippen LogP contribution in [0.3, 0.4) is 0 Å². The van der Waals surface area contributed by atoms with Gasteiger partial charge in [0.05, 0.1) is 15.8 Å². The molecule has 0 aliphatic carbocycles. The van der Waals surface area contributed by atoms with Crippen molar-refractivity contribution in [3.63, 3.8) is 0 Å². The molecule has 0 aromatic carbocycles. The Bertz CT molecular complexity index is 557. The van der Waals surface area contributed by atoms with E-state index in [1.165, 1.54) is 0 Å². The molecular weight excluding hydrogens is 288 g/mol. The largest absolute Gasteiger partial charge is 0.325 e. The van der Waals surface area contributed by atoms with E-state index in [0.717, 1.165) is 16.2 Å². The quantitative estimate of drug-likeness (QED) is 0.685. The molecule has 0 radical (unpaired) electrons. The molecular formula is C12H13ClN2O3S. The second kappa shape index (κ2) is 4.94. The number of imide groups is 1. The fourth-order valence-corrected chi connectivity index (χ4v) is 2.79. The van der Waals surface area contributed by atoms with Crippen LogP contribution in [-0.4, -0.2) is 34.7 Å². The van der Waals surface area contributed by atoms with Crippen LogP contribution in [0.4, 0.5) is 4.79 Å². The average Bonchev–Trinajstić information content (AvgIpc) is 2.88. The Morgan fingerprint density at radius 3 is 2.63 bits per heavy atom. The van der Waals surface area contributed by atoms with Crippen molar-refractivity contribution in [1.29, 1.82) is 0 Å². The summed E-state index contributed by atoms with van der Waals surface area (Å²) in [7, 11) is 0. The van der Waals surface area contributed by atoms with Crippen molar-refractivity contribution in [2.75, 3.05) is 6.54 Å². The molecule has 1 saturated heterocycles. The molecule has 102 valence electrons. The number of hydrogen-bond acceptors (Lipinski definition) is 4. The van der Waals surface area contributed by atoms with Crippen molar-refractivity contribution in [3.05, 3.63) is 21.3 Å². The van der Waals surface area contributed by atoms with Gasteiger partial charge in [0.15, 0.2) is 5.78 Å². The van der Waals surface area contributed by atoms with Crippen LogP contribution in [0, 0.1) is 0 Å².